The molecule has 2 heterocycles. The van der Waals surface area contributed by atoms with Gasteiger partial charge in [-0.2, -0.15) is 5.10 Å². The van der Waals surface area contributed by atoms with Crippen molar-refractivity contribution >= 4 is 11.7 Å². The van der Waals surface area contributed by atoms with E-state index in [2.05, 4.69) is 15.4 Å². The summed E-state index contributed by atoms with van der Waals surface area (Å²) < 4.78 is 6.84. The fraction of sp³-hybridized carbons (Fsp3) is 0.118. The Morgan fingerprint density at radius 3 is 2.91 bits per heavy atom. The van der Waals surface area contributed by atoms with Gasteiger partial charge in [0.1, 0.15) is 5.75 Å². The average molecular weight is 308 g/mol. The standard InChI is InChI=1S/C17H16N4O2/c1-23-15-7-4-5-13(11-15)17(22)19-16-8-10-21(20-16)12-14-6-2-3-9-18-14/h2-11H,12H2,1H3,(H,19,20,22). The third-order valence-electron chi connectivity index (χ3n) is 3.26. The van der Waals surface area contributed by atoms with Gasteiger partial charge in [0, 0.05) is 24.0 Å². The second-order valence-electron chi connectivity index (χ2n) is 4.91. The zero-order valence-corrected chi connectivity index (χ0v) is 12.6. The third-order valence-corrected chi connectivity index (χ3v) is 3.26. The van der Waals surface area contributed by atoms with Gasteiger partial charge in [0.25, 0.3) is 5.91 Å². The van der Waals surface area contributed by atoms with Crippen molar-refractivity contribution in [2.75, 3.05) is 12.4 Å². The van der Waals surface area contributed by atoms with E-state index in [1.165, 1.54) is 0 Å². The summed E-state index contributed by atoms with van der Waals surface area (Å²) in [5.74, 6) is 0.902. The van der Waals surface area contributed by atoms with Gasteiger partial charge in [0.05, 0.1) is 19.3 Å². The van der Waals surface area contributed by atoms with Crippen LogP contribution in [0.5, 0.6) is 5.75 Å². The molecule has 0 saturated heterocycles. The molecule has 1 N–H and O–H groups in total. The summed E-state index contributed by atoms with van der Waals surface area (Å²) in [6.45, 7) is 0.551. The molecule has 0 bridgehead atoms. The summed E-state index contributed by atoms with van der Waals surface area (Å²) >= 11 is 0. The molecule has 1 aromatic carbocycles. The maximum Gasteiger partial charge on any atom is 0.256 e. The Balaban J connectivity index is 1.67. The highest BCUT2D eigenvalue weighted by atomic mass is 16.5. The minimum absolute atomic E-state index is 0.230. The fourth-order valence-electron chi connectivity index (χ4n) is 2.13. The van der Waals surface area contributed by atoms with Crippen LogP contribution in [-0.4, -0.2) is 27.8 Å². The number of hydrogen-bond acceptors (Lipinski definition) is 4. The van der Waals surface area contributed by atoms with Crippen molar-refractivity contribution in [3.05, 3.63) is 72.2 Å². The van der Waals surface area contributed by atoms with E-state index >= 15 is 0 Å². The number of carbonyl (C=O) groups excluding carboxylic acids is 1. The van der Waals surface area contributed by atoms with Crippen molar-refractivity contribution in [2.24, 2.45) is 0 Å². The molecule has 0 atom stereocenters. The van der Waals surface area contributed by atoms with Crippen LogP contribution in [0.3, 0.4) is 0 Å². The number of ether oxygens (including phenoxy) is 1. The smallest absolute Gasteiger partial charge is 0.256 e. The SMILES string of the molecule is COc1cccc(C(=O)Nc2ccn(Cc3ccccn3)n2)c1. The number of benzene rings is 1. The second kappa shape index (κ2) is 6.74. The normalized spacial score (nSPS) is 10.3. The number of amides is 1. The number of pyridine rings is 1. The first-order chi connectivity index (χ1) is 11.2. The van der Waals surface area contributed by atoms with Crippen molar-refractivity contribution in [3.63, 3.8) is 0 Å². The van der Waals surface area contributed by atoms with Crippen LogP contribution in [0, 0.1) is 0 Å². The van der Waals surface area contributed by atoms with Crippen LogP contribution >= 0.6 is 0 Å². The average Bonchev–Trinajstić information content (AvgIpc) is 3.02. The van der Waals surface area contributed by atoms with Crippen molar-refractivity contribution in [3.8, 4) is 5.75 Å². The molecule has 6 heteroatoms. The Morgan fingerprint density at radius 2 is 2.13 bits per heavy atom. The Labute approximate surface area is 133 Å². The minimum atomic E-state index is -0.230. The lowest BCUT2D eigenvalue weighted by Crippen LogP contribution is -2.13. The predicted octanol–water partition coefficient (Wildman–Crippen LogP) is 2.59. The molecule has 0 aliphatic carbocycles. The number of methoxy groups -OCH3 is 1. The second-order valence-corrected chi connectivity index (χ2v) is 4.91. The first-order valence-electron chi connectivity index (χ1n) is 7.13. The molecule has 23 heavy (non-hydrogen) atoms. The highest BCUT2D eigenvalue weighted by Crippen LogP contribution is 2.14. The number of anilines is 1. The Hall–Kier alpha value is -3.15. The van der Waals surface area contributed by atoms with E-state index in [0.29, 0.717) is 23.7 Å². The minimum Gasteiger partial charge on any atom is -0.497 e. The van der Waals surface area contributed by atoms with Crippen LogP contribution in [0.1, 0.15) is 16.1 Å². The molecule has 3 aromatic rings. The van der Waals surface area contributed by atoms with E-state index in [-0.39, 0.29) is 5.91 Å². The van der Waals surface area contributed by atoms with E-state index in [0.717, 1.165) is 5.69 Å². The van der Waals surface area contributed by atoms with E-state index < -0.39 is 0 Å². The molecule has 0 unspecified atom stereocenters. The number of nitrogens with zero attached hydrogens (tertiary/aromatic N) is 3. The highest BCUT2D eigenvalue weighted by Gasteiger charge is 2.09. The van der Waals surface area contributed by atoms with Gasteiger partial charge in [0.15, 0.2) is 5.82 Å². The quantitative estimate of drug-likeness (QED) is 0.786. The van der Waals surface area contributed by atoms with Gasteiger partial charge in [0.2, 0.25) is 0 Å². The molecule has 0 aliphatic rings. The Kier molecular flexibility index (Phi) is 4.33. The van der Waals surface area contributed by atoms with Gasteiger partial charge >= 0.3 is 0 Å². The van der Waals surface area contributed by atoms with Gasteiger partial charge in [-0.1, -0.05) is 12.1 Å². The van der Waals surface area contributed by atoms with Crippen LogP contribution in [0.2, 0.25) is 0 Å². The van der Waals surface area contributed by atoms with Crippen LogP contribution in [0.15, 0.2) is 60.9 Å². The summed E-state index contributed by atoms with van der Waals surface area (Å²) in [6.07, 6.45) is 3.54. The Morgan fingerprint density at radius 1 is 1.22 bits per heavy atom. The molecular weight excluding hydrogens is 292 g/mol. The van der Waals surface area contributed by atoms with E-state index in [4.69, 9.17) is 4.74 Å². The van der Waals surface area contributed by atoms with Gasteiger partial charge in [-0.3, -0.25) is 14.5 Å². The molecule has 2 aromatic heterocycles. The summed E-state index contributed by atoms with van der Waals surface area (Å²) in [6, 6.07) is 14.4. The van der Waals surface area contributed by atoms with Crippen molar-refractivity contribution < 1.29 is 9.53 Å². The molecule has 116 valence electrons. The lowest BCUT2D eigenvalue weighted by molar-refractivity contribution is 0.102. The zero-order chi connectivity index (χ0) is 16.1. The summed E-state index contributed by atoms with van der Waals surface area (Å²) in [4.78, 5) is 16.5. The van der Waals surface area contributed by atoms with Crippen LogP contribution in [0.4, 0.5) is 5.82 Å². The fourth-order valence-corrected chi connectivity index (χ4v) is 2.13. The summed E-state index contributed by atoms with van der Waals surface area (Å²) in [5, 5.41) is 7.10. The number of rotatable bonds is 5. The molecule has 0 fully saturated rings. The van der Waals surface area contributed by atoms with Crippen LogP contribution in [-0.2, 0) is 6.54 Å². The molecule has 0 aliphatic heterocycles. The molecule has 0 spiro atoms. The number of carbonyl (C=O) groups is 1. The number of aromatic nitrogens is 3. The zero-order valence-electron chi connectivity index (χ0n) is 12.6. The number of hydrogen-bond donors (Lipinski definition) is 1. The third kappa shape index (κ3) is 3.74. The largest absolute Gasteiger partial charge is 0.497 e. The van der Waals surface area contributed by atoms with E-state index in [1.807, 2.05) is 18.2 Å². The molecule has 1 amide bonds. The highest BCUT2D eigenvalue weighted by molar-refractivity contribution is 6.03. The van der Waals surface area contributed by atoms with Crippen LogP contribution in [0.25, 0.3) is 0 Å². The summed E-state index contributed by atoms with van der Waals surface area (Å²) in [7, 11) is 1.57. The monoisotopic (exact) mass is 308 g/mol. The summed E-state index contributed by atoms with van der Waals surface area (Å²) in [5.41, 5.74) is 1.42. The van der Waals surface area contributed by atoms with Gasteiger partial charge in [-0.25, -0.2) is 0 Å². The predicted molar refractivity (Wildman–Crippen MR) is 86.5 cm³/mol. The maximum absolute atomic E-state index is 12.2. The first kappa shape index (κ1) is 14.8. The Bertz CT molecular complexity index is 799. The molecule has 3 rings (SSSR count). The molecule has 0 saturated carbocycles. The lowest BCUT2D eigenvalue weighted by atomic mass is 10.2. The van der Waals surface area contributed by atoms with Gasteiger partial charge < -0.3 is 10.1 Å². The van der Waals surface area contributed by atoms with E-state index in [1.54, 1.807) is 54.5 Å². The van der Waals surface area contributed by atoms with Crippen molar-refractivity contribution in [1.82, 2.24) is 14.8 Å². The molecular formula is C17H16N4O2. The molecule has 0 radical (unpaired) electrons. The van der Waals surface area contributed by atoms with Crippen molar-refractivity contribution in [2.45, 2.75) is 6.54 Å². The topological polar surface area (TPSA) is 69.0 Å². The van der Waals surface area contributed by atoms with Crippen molar-refractivity contribution in [1.29, 1.82) is 0 Å². The van der Waals surface area contributed by atoms with Crippen LogP contribution < -0.4 is 10.1 Å². The number of nitrogens with one attached hydrogen (secondary N) is 1. The van der Waals surface area contributed by atoms with E-state index in [9.17, 15) is 4.79 Å². The lowest BCUT2D eigenvalue weighted by Gasteiger charge is -2.04. The maximum atomic E-state index is 12.2. The van der Waals surface area contributed by atoms with Gasteiger partial charge in [-0.15, -0.1) is 0 Å². The van der Waals surface area contributed by atoms with Gasteiger partial charge in [-0.05, 0) is 30.3 Å². The first-order valence-corrected chi connectivity index (χ1v) is 7.13. The molecule has 6 nitrogen and oxygen atoms in total.